The molecule has 2 fully saturated rings. The molecule has 0 bridgehead atoms. The second kappa shape index (κ2) is 5.82. The first kappa shape index (κ1) is 14.0. The number of amides is 1. The largest absolute Gasteiger partial charge is 0.322 e. The van der Waals surface area contributed by atoms with Crippen LogP contribution in [0.3, 0.4) is 0 Å². The standard InChI is InChI=1S/C15H18BrFN2O/c16-10-5-6-11(17)13(8-10)19-15(20)14-7-9-3-1-2-4-12(9)18-14/h5-6,8-9,12,14,18H,1-4,7H2,(H,19,20). The Morgan fingerprint density at radius 1 is 1.35 bits per heavy atom. The van der Waals surface area contributed by atoms with Crippen LogP contribution in [0.4, 0.5) is 10.1 Å². The maximum absolute atomic E-state index is 13.7. The van der Waals surface area contributed by atoms with Gasteiger partial charge in [-0.25, -0.2) is 4.39 Å². The van der Waals surface area contributed by atoms with E-state index in [4.69, 9.17) is 0 Å². The van der Waals surface area contributed by atoms with Gasteiger partial charge in [0.1, 0.15) is 5.82 Å². The lowest BCUT2D eigenvalue weighted by Crippen LogP contribution is -2.40. The molecule has 2 aliphatic rings. The third-order valence-electron chi connectivity index (χ3n) is 4.37. The minimum Gasteiger partial charge on any atom is -0.322 e. The second-order valence-electron chi connectivity index (χ2n) is 5.72. The SMILES string of the molecule is O=C(Nc1cc(Br)ccc1F)C1CC2CCCCC2N1. The fourth-order valence-corrected chi connectivity index (χ4v) is 3.70. The number of carbonyl (C=O) groups is 1. The third kappa shape index (κ3) is 2.88. The summed E-state index contributed by atoms with van der Waals surface area (Å²) in [5, 5.41) is 6.10. The lowest BCUT2D eigenvalue weighted by molar-refractivity contribution is -0.117. The molecular formula is C15H18BrFN2O. The van der Waals surface area contributed by atoms with Crippen LogP contribution in [0, 0.1) is 11.7 Å². The zero-order valence-electron chi connectivity index (χ0n) is 11.2. The third-order valence-corrected chi connectivity index (χ3v) is 4.86. The summed E-state index contributed by atoms with van der Waals surface area (Å²) < 4.78 is 14.4. The smallest absolute Gasteiger partial charge is 0.241 e. The summed E-state index contributed by atoms with van der Waals surface area (Å²) in [5.41, 5.74) is 0.237. The van der Waals surface area contributed by atoms with E-state index in [0.717, 1.165) is 17.3 Å². The van der Waals surface area contributed by atoms with Crippen molar-refractivity contribution < 1.29 is 9.18 Å². The Bertz CT molecular complexity index is 509. The number of anilines is 1. The lowest BCUT2D eigenvalue weighted by atomic mass is 9.85. The highest BCUT2D eigenvalue weighted by Gasteiger charge is 2.38. The number of rotatable bonds is 2. The van der Waals surface area contributed by atoms with Crippen molar-refractivity contribution in [3.05, 3.63) is 28.5 Å². The van der Waals surface area contributed by atoms with E-state index in [2.05, 4.69) is 26.6 Å². The Morgan fingerprint density at radius 3 is 2.95 bits per heavy atom. The van der Waals surface area contributed by atoms with Crippen LogP contribution in [0.1, 0.15) is 32.1 Å². The fraction of sp³-hybridized carbons (Fsp3) is 0.533. The van der Waals surface area contributed by atoms with Crippen molar-refractivity contribution in [3.8, 4) is 0 Å². The van der Waals surface area contributed by atoms with Gasteiger partial charge in [0, 0.05) is 10.5 Å². The molecule has 3 unspecified atom stereocenters. The first-order chi connectivity index (χ1) is 9.63. The molecule has 108 valence electrons. The zero-order valence-corrected chi connectivity index (χ0v) is 12.7. The van der Waals surface area contributed by atoms with Gasteiger partial charge in [0.15, 0.2) is 0 Å². The molecule has 3 rings (SSSR count). The van der Waals surface area contributed by atoms with Crippen LogP contribution < -0.4 is 10.6 Å². The minimum atomic E-state index is -0.406. The van der Waals surface area contributed by atoms with E-state index in [-0.39, 0.29) is 17.6 Å². The number of hydrogen-bond donors (Lipinski definition) is 2. The van der Waals surface area contributed by atoms with Crippen LogP contribution in [0.15, 0.2) is 22.7 Å². The van der Waals surface area contributed by atoms with E-state index < -0.39 is 5.82 Å². The molecule has 2 N–H and O–H groups in total. The molecule has 1 aliphatic heterocycles. The van der Waals surface area contributed by atoms with Crippen molar-refractivity contribution in [2.75, 3.05) is 5.32 Å². The summed E-state index contributed by atoms with van der Waals surface area (Å²) in [5.74, 6) is 0.0696. The molecule has 1 heterocycles. The van der Waals surface area contributed by atoms with Crippen LogP contribution in [0.25, 0.3) is 0 Å². The number of hydrogen-bond acceptors (Lipinski definition) is 2. The van der Waals surface area contributed by atoms with Gasteiger partial charge in [-0.15, -0.1) is 0 Å². The summed E-state index contributed by atoms with van der Waals surface area (Å²) in [6, 6.07) is 4.83. The lowest BCUT2D eigenvalue weighted by Gasteiger charge is -2.24. The number of halogens is 2. The van der Waals surface area contributed by atoms with E-state index in [0.29, 0.717) is 12.0 Å². The van der Waals surface area contributed by atoms with Crippen molar-refractivity contribution in [1.82, 2.24) is 5.32 Å². The van der Waals surface area contributed by atoms with Crippen LogP contribution in [-0.4, -0.2) is 18.0 Å². The molecule has 1 aromatic rings. The first-order valence-electron chi connectivity index (χ1n) is 7.15. The average Bonchev–Trinajstić information content (AvgIpc) is 2.87. The Labute approximate surface area is 126 Å². The molecule has 0 radical (unpaired) electrons. The molecule has 1 saturated carbocycles. The fourth-order valence-electron chi connectivity index (χ4n) is 3.33. The maximum Gasteiger partial charge on any atom is 0.241 e. The summed E-state index contributed by atoms with van der Waals surface area (Å²) in [6.45, 7) is 0. The Hall–Kier alpha value is -0.940. The predicted molar refractivity (Wildman–Crippen MR) is 80.0 cm³/mol. The van der Waals surface area contributed by atoms with E-state index >= 15 is 0 Å². The summed E-state index contributed by atoms with van der Waals surface area (Å²) in [6.07, 6.45) is 5.72. The Balaban J connectivity index is 1.66. The van der Waals surface area contributed by atoms with Crippen molar-refractivity contribution in [2.45, 2.75) is 44.2 Å². The van der Waals surface area contributed by atoms with Crippen LogP contribution >= 0.6 is 15.9 Å². The normalized spacial score (nSPS) is 29.0. The highest BCUT2D eigenvalue weighted by Crippen LogP contribution is 2.33. The van der Waals surface area contributed by atoms with Crippen LogP contribution in [-0.2, 0) is 4.79 Å². The molecule has 1 amide bonds. The van der Waals surface area contributed by atoms with Crippen molar-refractivity contribution in [2.24, 2.45) is 5.92 Å². The van der Waals surface area contributed by atoms with Gasteiger partial charge in [-0.05, 0) is 43.4 Å². The molecule has 0 spiro atoms. The number of benzene rings is 1. The number of nitrogens with one attached hydrogen (secondary N) is 2. The maximum atomic E-state index is 13.7. The minimum absolute atomic E-state index is 0.128. The first-order valence-corrected chi connectivity index (χ1v) is 7.95. The monoisotopic (exact) mass is 340 g/mol. The highest BCUT2D eigenvalue weighted by atomic mass is 79.9. The predicted octanol–water partition coefficient (Wildman–Crippen LogP) is 3.45. The molecule has 5 heteroatoms. The molecule has 1 aliphatic carbocycles. The van der Waals surface area contributed by atoms with Gasteiger partial charge in [0.2, 0.25) is 5.91 Å². The summed E-state index contributed by atoms with van der Waals surface area (Å²) in [7, 11) is 0. The summed E-state index contributed by atoms with van der Waals surface area (Å²) >= 11 is 3.29. The topological polar surface area (TPSA) is 41.1 Å². The molecule has 3 atom stereocenters. The average molecular weight is 341 g/mol. The summed E-state index contributed by atoms with van der Waals surface area (Å²) in [4.78, 5) is 12.3. The Morgan fingerprint density at radius 2 is 2.15 bits per heavy atom. The van der Waals surface area contributed by atoms with Gasteiger partial charge in [-0.1, -0.05) is 28.8 Å². The number of carbonyl (C=O) groups excluding carboxylic acids is 1. The van der Waals surface area contributed by atoms with Gasteiger partial charge in [-0.2, -0.15) is 0 Å². The van der Waals surface area contributed by atoms with Crippen LogP contribution in [0.5, 0.6) is 0 Å². The van der Waals surface area contributed by atoms with Crippen LogP contribution in [0.2, 0.25) is 0 Å². The molecule has 0 aromatic heterocycles. The van der Waals surface area contributed by atoms with Gasteiger partial charge in [-0.3, -0.25) is 4.79 Å². The Kier molecular flexibility index (Phi) is 4.08. The molecule has 1 saturated heterocycles. The number of fused-ring (bicyclic) bond motifs is 1. The molecule has 20 heavy (non-hydrogen) atoms. The van der Waals surface area contributed by atoms with Crippen molar-refractivity contribution >= 4 is 27.5 Å². The molecular weight excluding hydrogens is 323 g/mol. The molecule has 3 nitrogen and oxygen atoms in total. The van der Waals surface area contributed by atoms with E-state index in [1.807, 2.05) is 0 Å². The van der Waals surface area contributed by atoms with E-state index in [1.165, 1.54) is 25.3 Å². The van der Waals surface area contributed by atoms with Gasteiger partial charge in [0.25, 0.3) is 0 Å². The van der Waals surface area contributed by atoms with Gasteiger partial charge >= 0.3 is 0 Å². The van der Waals surface area contributed by atoms with Gasteiger partial charge in [0.05, 0.1) is 11.7 Å². The second-order valence-corrected chi connectivity index (χ2v) is 6.64. The van der Waals surface area contributed by atoms with E-state index in [9.17, 15) is 9.18 Å². The quantitative estimate of drug-likeness (QED) is 0.865. The van der Waals surface area contributed by atoms with E-state index in [1.54, 1.807) is 12.1 Å². The zero-order chi connectivity index (χ0) is 14.1. The van der Waals surface area contributed by atoms with Crippen molar-refractivity contribution in [3.63, 3.8) is 0 Å². The van der Waals surface area contributed by atoms with Gasteiger partial charge < -0.3 is 10.6 Å². The molecule has 1 aromatic carbocycles. The highest BCUT2D eigenvalue weighted by molar-refractivity contribution is 9.10. The van der Waals surface area contributed by atoms with Crippen molar-refractivity contribution in [1.29, 1.82) is 0 Å².